The molecule has 5 nitrogen and oxygen atoms in total. The highest BCUT2D eigenvalue weighted by Crippen LogP contribution is 2.35. The number of hydrogen-bond acceptors (Lipinski definition) is 4. The van der Waals surface area contributed by atoms with Crippen molar-refractivity contribution in [2.45, 2.75) is 6.04 Å². The third-order valence-electron chi connectivity index (χ3n) is 4.71. The van der Waals surface area contributed by atoms with E-state index in [2.05, 4.69) is 10.3 Å². The number of carbonyl (C=O) groups is 1. The molecule has 4 aromatic rings. The van der Waals surface area contributed by atoms with E-state index in [1.807, 2.05) is 36.4 Å². The standard InChI is InChI=1S/C24H19FN2O3/c25-20-14-19(24(29)23-18(20)12-7-13-26-23)22(16-8-3-1-4-9-16)27-21(28)15-30-17-10-5-2-6-11-17/h1-14,22,29H,15H2,(H,27,28). The van der Waals surface area contributed by atoms with Crippen LogP contribution in [0.3, 0.4) is 0 Å². The highest BCUT2D eigenvalue weighted by atomic mass is 19.1. The minimum atomic E-state index is -0.779. The Bertz CT molecular complexity index is 1170. The molecule has 0 aliphatic carbocycles. The zero-order valence-corrected chi connectivity index (χ0v) is 16.0. The molecule has 30 heavy (non-hydrogen) atoms. The van der Waals surface area contributed by atoms with Gasteiger partial charge < -0.3 is 15.2 Å². The molecular weight excluding hydrogens is 383 g/mol. The SMILES string of the molecule is O=C(COc1ccccc1)NC(c1ccccc1)c1cc(F)c2cccnc2c1O. The van der Waals surface area contributed by atoms with Gasteiger partial charge >= 0.3 is 0 Å². The van der Waals surface area contributed by atoms with Crippen LogP contribution in [0.5, 0.6) is 11.5 Å². The van der Waals surface area contributed by atoms with Crippen molar-refractivity contribution >= 4 is 16.8 Å². The fourth-order valence-electron chi connectivity index (χ4n) is 3.28. The Hall–Kier alpha value is -3.93. The van der Waals surface area contributed by atoms with E-state index >= 15 is 0 Å². The number of phenolic OH excluding ortho intramolecular Hbond substituents is 1. The van der Waals surface area contributed by atoms with Crippen molar-refractivity contribution in [2.24, 2.45) is 0 Å². The summed E-state index contributed by atoms with van der Waals surface area (Å²) in [6.07, 6.45) is 1.48. The molecule has 1 unspecified atom stereocenters. The van der Waals surface area contributed by atoms with Crippen LogP contribution >= 0.6 is 0 Å². The maximum Gasteiger partial charge on any atom is 0.258 e. The van der Waals surface area contributed by atoms with Crippen LogP contribution in [0.2, 0.25) is 0 Å². The third kappa shape index (κ3) is 4.07. The van der Waals surface area contributed by atoms with Gasteiger partial charge in [0.05, 0.1) is 6.04 Å². The van der Waals surface area contributed by atoms with Gasteiger partial charge in [-0.25, -0.2) is 4.39 Å². The largest absolute Gasteiger partial charge is 0.505 e. The Balaban J connectivity index is 1.67. The van der Waals surface area contributed by atoms with Crippen LogP contribution in [0.15, 0.2) is 85.1 Å². The van der Waals surface area contributed by atoms with Gasteiger partial charge in [0.1, 0.15) is 22.8 Å². The van der Waals surface area contributed by atoms with Gasteiger partial charge in [0.25, 0.3) is 5.91 Å². The van der Waals surface area contributed by atoms with Crippen molar-refractivity contribution in [3.8, 4) is 11.5 Å². The summed E-state index contributed by atoms with van der Waals surface area (Å²) in [5.74, 6) is -0.548. The number of fused-ring (bicyclic) bond motifs is 1. The number of amides is 1. The van der Waals surface area contributed by atoms with E-state index in [0.29, 0.717) is 11.3 Å². The van der Waals surface area contributed by atoms with Crippen LogP contribution in [0, 0.1) is 5.82 Å². The molecule has 0 spiro atoms. The highest BCUT2D eigenvalue weighted by molar-refractivity contribution is 5.87. The number of aromatic hydroxyl groups is 1. The second-order valence-corrected chi connectivity index (χ2v) is 6.71. The van der Waals surface area contributed by atoms with Crippen molar-refractivity contribution in [2.75, 3.05) is 6.61 Å². The van der Waals surface area contributed by atoms with Crippen molar-refractivity contribution in [1.82, 2.24) is 10.3 Å². The number of para-hydroxylation sites is 1. The van der Waals surface area contributed by atoms with Gasteiger partial charge in [0.15, 0.2) is 6.61 Å². The first-order valence-electron chi connectivity index (χ1n) is 9.41. The van der Waals surface area contributed by atoms with E-state index < -0.39 is 17.8 Å². The van der Waals surface area contributed by atoms with Crippen molar-refractivity contribution in [3.05, 3.63) is 102 Å². The number of ether oxygens (including phenoxy) is 1. The molecule has 1 heterocycles. The fourth-order valence-corrected chi connectivity index (χ4v) is 3.28. The van der Waals surface area contributed by atoms with Gasteiger partial charge in [-0.1, -0.05) is 48.5 Å². The normalized spacial score (nSPS) is 11.8. The second kappa shape index (κ2) is 8.61. The third-order valence-corrected chi connectivity index (χ3v) is 4.71. The molecule has 3 aromatic carbocycles. The predicted molar refractivity (Wildman–Crippen MR) is 112 cm³/mol. The molecule has 6 heteroatoms. The molecule has 0 aliphatic rings. The lowest BCUT2D eigenvalue weighted by atomic mass is 9.96. The van der Waals surface area contributed by atoms with Crippen molar-refractivity contribution in [3.63, 3.8) is 0 Å². The molecule has 0 aliphatic heterocycles. The Kier molecular flexibility index (Phi) is 5.57. The number of aromatic nitrogens is 1. The molecule has 150 valence electrons. The molecule has 0 saturated carbocycles. The van der Waals surface area contributed by atoms with Gasteiger partial charge in [0, 0.05) is 17.1 Å². The van der Waals surface area contributed by atoms with Gasteiger partial charge in [-0.3, -0.25) is 9.78 Å². The molecule has 0 bridgehead atoms. The lowest BCUT2D eigenvalue weighted by Gasteiger charge is -2.22. The van der Waals surface area contributed by atoms with E-state index in [1.165, 1.54) is 12.3 Å². The number of phenols is 1. The Labute approximate surface area is 172 Å². The summed E-state index contributed by atoms with van der Waals surface area (Å²) in [6, 6.07) is 21.6. The summed E-state index contributed by atoms with van der Waals surface area (Å²) in [5.41, 5.74) is 1.05. The monoisotopic (exact) mass is 402 g/mol. The number of nitrogens with zero attached hydrogens (tertiary/aromatic N) is 1. The van der Waals surface area contributed by atoms with E-state index in [9.17, 15) is 14.3 Å². The number of nitrogens with one attached hydrogen (secondary N) is 1. The van der Waals surface area contributed by atoms with E-state index in [-0.39, 0.29) is 28.8 Å². The van der Waals surface area contributed by atoms with Crippen LogP contribution in [0.1, 0.15) is 17.2 Å². The van der Waals surface area contributed by atoms with E-state index in [1.54, 1.807) is 36.4 Å². The van der Waals surface area contributed by atoms with Crippen molar-refractivity contribution < 1.29 is 19.0 Å². The number of hydrogen-bond donors (Lipinski definition) is 2. The van der Waals surface area contributed by atoms with Gasteiger partial charge in [-0.05, 0) is 35.9 Å². The zero-order valence-electron chi connectivity index (χ0n) is 16.0. The predicted octanol–water partition coefficient (Wildman–Crippen LogP) is 4.36. The minimum absolute atomic E-state index is 0.142. The van der Waals surface area contributed by atoms with E-state index in [0.717, 1.165) is 0 Å². The first-order chi connectivity index (χ1) is 14.6. The summed E-state index contributed by atoms with van der Waals surface area (Å²) < 4.78 is 20.2. The van der Waals surface area contributed by atoms with Gasteiger partial charge in [-0.2, -0.15) is 0 Å². The molecule has 1 atom stereocenters. The quantitative estimate of drug-likeness (QED) is 0.503. The molecule has 0 saturated heterocycles. The molecular formula is C24H19FN2O3. The van der Waals surface area contributed by atoms with Gasteiger partial charge in [0.2, 0.25) is 0 Å². The summed E-state index contributed by atoms with van der Waals surface area (Å²) in [4.78, 5) is 16.7. The number of benzene rings is 3. The van der Waals surface area contributed by atoms with Crippen LogP contribution in [0.25, 0.3) is 10.9 Å². The average Bonchev–Trinajstić information content (AvgIpc) is 2.80. The number of halogens is 1. The van der Waals surface area contributed by atoms with Crippen LogP contribution in [-0.2, 0) is 4.79 Å². The van der Waals surface area contributed by atoms with Crippen LogP contribution in [-0.4, -0.2) is 22.6 Å². The maximum absolute atomic E-state index is 14.7. The first kappa shape index (κ1) is 19.4. The molecule has 0 fully saturated rings. The summed E-state index contributed by atoms with van der Waals surface area (Å²) in [5, 5.41) is 13.9. The molecule has 2 N–H and O–H groups in total. The Morgan fingerprint density at radius 3 is 2.47 bits per heavy atom. The van der Waals surface area contributed by atoms with Crippen LogP contribution in [0.4, 0.5) is 4.39 Å². The van der Waals surface area contributed by atoms with E-state index in [4.69, 9.17) is 4.74 Å². The Morgan fingerprint density at radius 2 is 1.73 bits per heavy atom. The molecule has 0 radical (unpaired) electrons. The zero-order chi connectivity index (χ0) is 20.9. The molecule has 4 rings (SSSR count). The number of rotatable bonds is 6. The molecule has 1 aromatic heterocycles. The average molecular weight is 402 g/mol. The minimum Gasteiger partial charge on any atom is -0.505 e. The Morgan fingerprint density at radius 1 is 1.03 bits per heavy atom. The number of carbonyl (C=O) groups excluding carboxylic acids is 1. The lowest BCUT2D eigenvalue weighted by Crippen LogP contribution is -2.33. The smallest absolute Gasteiger partial charge is 0.258 e. The van der Waals surface area contributed by atoms with Crippen molar-refractivity contribution in [1.29, 1.82) is 0 Å². The second-order valence-electron chi connectivity index (χ2n) is 6.71. The summed E-state index contributed by atoms with van der Waals surface area (Å²) in [7, 11) is 0. The molecule has 1 amide bonds. The highest BCUT2D eigenvalue weighted by Gasteiger charge is 2.23. The lowest BCUT2D eigenvalue weighted by molar-refractivity contribution is -0.123. The first-order valence-corrected chi connectivity index (χ1v) is 9.41. The van der Waals surface area contributed by atoms with Gasteiger partial charge in [-0.15, -0.1) is 0 Å². The fraction of sp³-hybridized carbons (Fsp3) is 0.0833. The summed E-state index contributed by atoms with van der Waals surface area (Å²) >= 11 is 0. The summed E-state index contributed by atoms with van der Waals surface area (Å²) in [6.45, 7) is -0.220. The number of pyridine rings is 1. The maximum atomic E-state index is 14.7. The topological polar surface area (TPSA) is 71.5 Å². The van der Waals surface area contributed by atoms with Crippen LogP contribution < -0.4 is 10.1 Å².